The Hall–Kier alpha value is -2.08. The van der Waals surface area contributed by atoms with Gasteiger partial charge >= 0.3 is 5.97 Å². The number of carbonyl (C=O) groups excluding carboxylic acids is 1. The molecular formula is C17H23NO5. The summed E-state index contributed by atoms with van der Waals surface area (Å²) in [6, 6.07) is 7.33. The van der Waals surface area contributed by atoms with Crippen molar-refractivity contribution in [2.45, 2.75) is 19.3 Å². The van der Waals surface area contributed by atoms with Crippen molar-refractivity contribution in [3.63, 3.8) is 0 Å². The van der Waals surface area contributed by atoms with Crippen LogP contribution >= 0.6 is 0 Å². The van der Waals surface area contributed by atoms with Gasteiger partial charge < -0.3 is 19.9 Å². The van der Waals surface area contributed by atoms with Crippen LogP contribution < -0.4 is 10.1 Å². The molecule has 126 valence electrons. The lowest BCUT2D eigenvalue weighted by Crippen LogP contribution is -2.39. The van der Waals surface area contributed by atoms with Crippen molar-refractivity contribution in [2.75, 3.05) is 26.9 Å². The second-order valence-corrected chi connectivity index (χ2v) is 5.68. The summed E-state index contributed by atoms with van der Waals surface area (Å²) >= 11 is 0. The number of carboxylic acids is 1. The predicted molar refractivity (Wildman–Crippen MR) is 84.4 cm³/mol. The summed E-state index contributed by atoms with van der Waals surface area (Å²) in [5.41, 5.74) is 0.822. The molecule has 0 saturated carbocycles. The van der Waals surface area contributed by atoms with Crippen LogP contribution in [0, 0.1) is 11.8 Å². The lowest BCUT2D eigenvalue weighted by atomic mass is 9.96. The topological polar surface area (TPSA) is 84.9 Å². The number of amides is 1. The maximum atomic E-state index is 12.1. The van der Waals surface area contributed by atoms with Gasteiger partial charge in [0.05, 0.1) is 13.0 Å². The number of para-hydroxylation sites is 1. The first-order chi connectivity index (χ1) is 11.1. The molecule has 0 spiro atoms. The number of aliphatic carboxylic acids is 1. The third-order valence-electron chi connectivity index (χ3n) is 4.12. The molecule has 1 aliphatic rings. The van der Waals surface area contributed by atoms with Gasteiger partial charge in [-0.3, -0.25) is 9.59 Å². The van der Waals surface area contributed by atoms with Crippen LogP contribution in [0.4, 0.5) is 0 Å². The molecule has 1 saturated heterocycles. The summed E-state index contributed by atoms with van der Waals surface area (Å²) in [6.07, 6.45) is 1.69. The number of carboxylic acid groups (broad SMARTS) is 1. The fourth-order valence-corrected chi connectivity index (χ4v) is 2.71. The molecule has 6 heteroatoms. The number of ether oxygens (including phenoxy) is 2. The summed E-state index contributed by atoms with van der Waals surface area (Å²) in [5, 5.41) is 12.2. The fourth-order valence-electron chi connectivity index (χ4n) is 2.71. The second kappa shape index (κ2) is 8.53. The molecule has 1 unspecified atom stereocenters. The van der Waals surface area contributed by atoms with E-state index in [-0.39, 0.29) is 18.4 Å². The molecule has 1 aliphatic heterocycles. The van der Waals surface area contributed by atoms with E-state index in [0.717, 1.165) is 5.56 Å². The molecule has 1 heterocycles. The quantitative estimate of drug-likeness (QED) is 0.794. The van der Waals surface area contributed by atoms with Gasteiger partial charge in [-0.15, -0.1) is 0 Å². The van der Waals surface area contributed by atoms with Crippen LogP contribution in [0.15, 0.2) is 24.3 Å². The number of hydrogen-bond acceptors (Lipinski definition) is 4. The first-order valence-corrected chi connectivity index (χ1v) is 7.82. The number of benzene rings is 1. The van der Waals surface area contributed by atoms with E-state index in [2.05, 4.69) is 5.32 Å². The highest BCUT2D eigenvalue weighted by molar-refractivity contribution is 5.79. The van der Waals surface area contributed by atoms with E-state index in [0.29, 0.717) is 38.2 Å². The molecule has 0 radical (unpaired) electrons. The molecule has 1 atom stereocenters. The molecule has 2 N–H and O–H groups in total. The molecule has 23 heavy (non-hydrogen) atoms. The lowest BCUT2D eigenvalue weighted by molar-refractivity contribution is -0.141. The number of methoxy groups -OCH3 is 1. The zero-order chi connectivity index (χ0) is 16.7. The molecule has 1 aromatic carbocycles. The summed E-state index contributed by atoms with van der Waals surface area (Å²) in [5.74, 6) is -1.11. The average molecular weight is 321 g/mol. The Balaban J connectivity index is 1.93. The Kier molecular flexibility index (Phi) is 6.40. The van der Waals surface area contributed by atoms with Crippen LogP contribution in [-0.4, -0.2) is 43.9 Å². The van der Waals surface area contributed by atoms with Crippen LogP contribution in [0.25, 0.3) is 0 Å². The van der Waals surface area contributed by atoms with Crippen molar-refractivity contribution in [3.8, 4) is 5.75 Å². The van der Waals surface area contributed by atoms with E-state index >= 15 is 0 Å². The van der Waals surface area contributed by atoms with Gasteiger partial charge in [-0.2, -0.15) is 0 Å². The van der Waals surface area contributed by atoms with E-state index in [4.69, 9.17) is 9.47 Å². The van der Waals surface area contributed by atoms with E-state index in [1.807, 2.05) is 18.2 Å². The number of nitrogens with one attached hydrogen (secondary N) is 1. The molecule has 0 aromatic heterocycles. The fraction of sp³-hybridized carbons (Fsp3) is 0.529. The molecule has 1 amide bonds. The third kappa shape index (κ3) is 4.96. The van der Waals surface area contributed by atoms with Gasteiger partial charge in [-0.25, -0.2) is 0 Å². The molecule has 1 fully saturated rings. The van der Waals surface area contributed by atoms with Crippen LogP contribution in [0.1, 0.15) is 18.4 Å². The molecule has 0 aliphatic carbocycles. The van der Waals surface area contributed by atoms with Crippen molar-refractivity contribution in [2.24, 2.45) is 11.8 Å². The lowest BCUT2D eigenvalue weighted by Gasteiger charge is -2.22. The van der Waals surface area contributed by atoms with Crippen molar-refractivity contribution in [1.82, 2.24) is 5.32 Å². The SMILES string of the molecule is COc1ccccc1CC(CNC(=O)C1CCOCC1)C(=O)O. The van der Waals surface area contributed by atoms with E-state index in [1.54, 1.807) is 13.2 Å². The standard InChI is InChI=1S/C17H23NO5/c1-22-15-5-3-2-4-13(15)10-14(17(20)21)11-18-16(19)12-6-8-23-9-7-12/h2-5,12,14H,6-11H2,1H3,(H,18,19)(H,20,21). The van der Waals surface area contributed by atoms with Crippen molar-refractivity contribution in [3.05, 3.63) is 29.8 Å². The maximum Gasteiger partial charge on any atom is 0.308 e. The highest BCUT2D eigenvalue weighted by Crippen LogP contribution is 2.21. The Morgan fingerprint density at radius 1 is 1.35 bits per heavy atom. The van der Waals surface area contributed by atoms with E-state index in [9.17, 15) is 14.7 Å². The average Bonchev–Trinajstić information content (AvgIpc) is 2.59. The molecule has 2 rings (SSSR count). The summed E-state index contributed by atoms with van der Waals surface area (Å²) in [4.78, 5) is 23.6. The van der Waals surface area contributed by atoms with Crippen LogP contribution in [0.5, 0.6) is 5.75 Å². The van der Waals surface area contributed by atoms with Crippen LogP contribution in [0.3, 0.4) is 0 Å². The monoisotopic (exact) mass is 321 g/mol. The highest BCUT2D eigenvalue weighted by Gasteiger charge is 2.25. The van der Waals surface area contributed by atoms with Gasteiger partial charge in [0.25, 0.3) is 0 Å². The molecular weight excluding hydrogens is 298 g/mol. The highest BCUT2D eigenvalue weighted by atomic mass is 16.5. The summed E-state index contributed by atoms with van der Waals surface area (Å²) in [6.45, 7) is 1.28. The number of rotatable bonds is 7. The van der Waals surface area contributed by atoms with Gasteiger partial charge in [0.15, 0.2) is 0 Å². The molecule has 6 nitrogen and oxygen atoms in total. The largest absolute Gasteiger partial charge is 0.496 e. The molecule has 0 bridgehead atoms. The van der Waals surface area contributed by atoms with Crippen LogP contribution in [0.2, 0.25) is 0 Å². The minimum Gasteiger partial charge on any atom is -0.496 e. The Labute approximate surface area is 135 Å². The Morgan fingerprint density at radius 2 is 2.04 bits per heavy atom. The van der Waals surface area contributed by atoms with Crippen molar-refractivity contribution in [1.29, 1.82) is 0 Å². The van der Waals surface area contributed by atoms with Gasteiger partial charge in [0.2, 0.25) is 5.91 Å². The number of carbonyl (C=O) groups is 2. The molecule has 1 aromatic rings. The van der Waals surface area contributed by atoms with E-state index < -0.39 is 11.9 Å². The number of hydrogen-bond donors (Lipinski definition) is 2. The second-order valence-electron chi connectivity index (χ2n) is 5.68. The smallest absolute Gasteiger partial charge is 0.308 e. The van der Waals surface area contributed by atoms with Gasteiger partial charge in [0, 0.05) is 25.7 Å². The third-order valence-corrected chi connectivity index (χ3v) is 4.12. The van der Waals surface area contributed by atoms with E-state index in [1.165, 1.54) is 0 Å². The van der Waals surface area contributed by atoms with Gasteiger partial charge in [-0.05, 0) is 30.9 Å². The van der Waals surface area contributed by atoms with Gasteiger partial charge in [-0.1, -0.05) is 18.2 Å². The summed E-state index contributed by atoms with van der Waals surface area (Å²) in [7, 11) is 1.56. The first kappa shape index (κ1) is 17.3. The van der Waals surface area contributed by atoms with Crippen molar-refractivity contribution < 1.29 is 24.2 Å². The van der Waals surface area contributed by atoms with Crippen molar-refractivity contribution >= 4 is 11.9 Å². The van der Waals surface area contributed by atoms with Crippen LogP contribution in [-0.2, 0) is 20.7 Å². The maximum absolute atomic E-state index is 12.1. The zero-order valence-corrected chi connectivity index (χ0v) is 13.3. The summed E-state index contributed by atoms with van der Waals surface area (Å²) < 4.78 is 10.5. The predicted octanol–water partition coefficient (Wildman–Crippen LogP) is 1.48. The zero-order valence-electron chi connectivity index (χ0n) is 13.3. The minimum absolute atomic E-state index is 0.0792. The Bertz CT molecular complexity index is 540. The minimum atomic E-state index is -0.928. The first-order valence-electron chi connectivity index (χ1n) is 7.82. The van der Waals surface area contributed by atoms with Gasteiger partial charge in [0.1, 0.15) is 5.75 Å². The Morgan fingerprint density at radius 3 is 2.70 bits per heavy atom. The normalized spacial score (nSPS) is 16.6.